The number of primary amides is 1. The smallest absolute Gasteiger partial charge is 0.319 e. The van der Waals surface area contributed by atoms with Crippen LogP contribution in [0.15, 0.2) is 40.2 Å². The number of hydrogen-bond acceptors (Lipinski definition) is 4. The van der Waals surface area contributed by atoms with Crippen LogP contribution < -0.4 is 21.7 Å². The lowest BCUT2D eigenvalue weighted by Crippen LogP contribution is -2.36. The number of aromatic nitrogens is 1. The number of fused-ring (bicyclic) bond motifs is 1. The van der Waals surface area contributed by atoms with Crippen LogP contribution in [0.25, 0.3) is 10.2 Å². The van der Waals surface area contributed by atoms with E-state index in [2.05, 4.69) is 36.9 Å². The number of anilines is 2. The normalized spacial score (nSPS) is 10.5. The Bertz CT molecular complexity index is 965. The minimum Gasteiger partial charge on any atom is -0.368 e. The van der Waals surface area contributed by atoms with Gasteiger partial charge in [0.05, 0.1) is 20.5 Å². The fraction of sp³-hybridized carbons (Fsp3) is 0.0625. The number of H-pyrrole nitrogens is 1. The summed E-state index contributed by atoms with van der Waals surface area (Å²) in [5.41, 5.74) is 7.26. The van der Waals surface area contributed by atoms with Crippen LogP contribution in [0.2, 0.25) is 0 Å². The molecule has 3 aromatic rings. The van der Waals surface area contributed by atoms with Crippen molar-refractivity contribution in [3.05, 3.63) is 45.9 Å². The van der Waals surface area contributed by atoms with Gasteiger partial charge in [0.25, 0.3) is 5.91 Å². The van der Waals surface area contributed by atoms with E-state index in [4.69, 9.17) is 5.73 Å². The van der Waals surface area contributed by atoms with Gasteiger partial charge in [0.2, 0.25) is 5.91 Å². The van der Waals surface area contributed by atoms with Crippen molar-refractivity contribution in [1.29, 1.82) is 0 Å². The van der Waals surface area contributed by atoms with Gasteiger partial charge < -0.3 is 26.7 Å². The van der Waals surface area contributed by atoms with E-state index in [9.17, 15) is 14.4 Å². The largest absolute Gasteiger partial charge is 0.368 e. The van der Waals surface area contributed by atoms with E-state index in [1.165, 1.54) is 11.3 Å². The number of carbonyl (C=O) groups is 3. The molecule has 3 rings (SSSR count). The van der Waals surface area contributed by atoms with Crippen molar-refractivity contribution < 1.29 is 14.4 Å². The SMILES string of the molecule is NC(=O)CNC(=O)Nc1cccc(NC(=O)c2cc3sc(Br)cc3[nH]2)c1. The van der Waals surface area contributed by atoms with Gasteiger partial charge in [0.15, 0.2) is 0 Å². The summed E-state index contributed by atoms with van der Waals surface area (Å²) in [4.78, 5) is 37.7. The van der Waals surface area contributed by atoms with Gasteiger partial charge in [-0.2, -0.15) is 0 Å². The number of thiophene rings is 1. The second kappa shape index (κ2) is 7.58. The van der Waals surface area contributed by atoms with Gasteiger partial charge in [-0.05, 0) is 46.3 Å². The topological polar surface area (TPSA) is 129 Å². The van der Waals surface area contributed by atoms with Gasteiger partial charge in [-0.3, -0.25) is 9.59 Å². The molecule has 0 radical (unpaired) electrons. The molecule has 26 heavy (non-hydrogen) atoms. The Morgan fingerprint density at radius 3 is 2.54 bits per heavy atom. The van der Waals surface area contributed by atoms with Crippen molar-refractivity contribution >= 4 is 66.7 Å². The number of nitrogens with two attached hydrogens (primary N) is 1. The van der Waals surface area contributed by atoms with Crippen molar-refractivity contribution in [3.8, 4) is 0 Å². The molecule has 0 saturated heterocycles. The highest BCUT2D eigenvalue weighted by atomic mass is 79.9. The molecule has 134 valence electrons. The Hall–Kier alpha value is -2.85. The second-order valence-corrected chi connectivity index (χ2v) is 7.78. The molecule has 8 nitrogen and oxygen atoms in total. The number of rotatable bonds is 5. The predicted octanol–water partition coefficient (Wildman–Crippen LogP) is 2.85. The van der Waals surface area contributed by atoms with Crippen molar-refractivity contribution in [2.24, 2.45) is 5.73 Å². The molecule has 10 heteroatoms. The summed E-state index contributed by atoms with van der Waals surface area (Å²) in [6.45, 7) is -0.262. The zero-order valence-electron chi connectivity index (χ0n) is 13.3. The van der Waals surface area contributed by atoms with E-state index in [1.54, 1.807) is 30.3 Å². The lowest BCUT2D eigenvalue weighted by atomic mass is 10.2. The number of halogens is 1. The van der Waals surface area contributed by atoms with E-state index >= 15 is 0 Å². The zero-order chi connectivity index (χ0) is 18.7. The first-order valence-corrected chi connectivity index (χ1v) is 9.04. The molecule has 2 heterocycles. The molecule has 0 atom stereocenters. The van der Waals surface area contributed by atoms with Crippen LogP contribution in [-0.4, -0.2) is 29.4 Å². The van der Waals surface area contributed by atoms with Crippen molar-refractivity contribution in [2.75, 3.05) is 17.2 Å². The molecule has 0 aliphatic heterocycles. The highest BCUT2D eigenvalue weighted by Gasteiger charge is 2.12. The van der Waals surface area contributed by atoms with Crippen molar-refractivity contribution in [1.82, 2.24) is 10.3 Å². The molecular weight excluding hydrogens is 422 g/mol. The quantitative estimate of drug-likeness (QED) is 0.422. The molecule has 6 N–H and O–H groups in total. The number of amides is 4. The molecule has 0 saturated carbocycles. The average Bonchev–Trinajstić information content (AvgIpc) is 3.10. The Balaban J connectivity index is 1.65. The number of urea groups is 1. The fourth-order valence-electron chi connectivity index (χ4n) is 2.23. The Morgan fingerprint density at radius 1 is 1.12 bits per heavy atom. The maximum Gasteiger partial charge on any atom is 0.319 e. The molecule has 0 aliphatic carbocycles. The van der Waals surface area contributed by atoms with Crippen molar-refractivity contribution in [2.45, 2.75) is 0 Å². The third kappa shape index (κ3) is 4.41. The van der Waals surface area contributed by atoms with Gasteiger partial charge in [0.1, 0.15) is 5.69 Å². The minimum absolute atomic E-state index is 0.262. The first kappa shape index (κ1) is 18.0. The maximum atomic E-state index is 12.4. The number of hydrogen-bond donors (Lipinski definition) is 5. The van der Waals surface area contributed by atoms with Crippen LogP contribution in [0.3, 0.4) is 0 Å². The van der Waals surface area contributed by atoms with Crippen LogP contribution >= 0.6 is 27.3 Å². The van der Waals surface area contributed by atoms with Gasteiger partial charge in [0, 0.05) is 11.4 Å². The van der Waals surface area contributed by atoms with Crippen LogP contribution in [0, 0.1) is 0 Å². The van der Waals surface area contributed by atoms with Crippen LogP contribution in [0.5, 0.6) is 0 Å². The van der Waals surface area contributed by atoms with Gasteiger partial charge in [-0.25, -0.2) is 4.79 Å². The van der Waals surface area contributed by atoms with E-state index in [0.717, 1.165) is 14.0 Å². The van der Waals surface area contributed by atoms with Crippen LogP contribution in [-0.2, 0) is 4.79 Å². The Kier molecular flexibility index (Phi) is 5.24. The third-order valence-electron chi connectivity index (χ3n) is 3.32. The first-order chi connectivity index (χ1) is 12.4. The van der Waals surface area contributed by atoms with E-state index in [-0.39, 0.29) is 12.5 Å². The molecule has 0 spiro atoms. The first-order valence-electron chi connectivity index (χ1n) is 7.43. The van der Waals surface area contributed by atoms with Crippen LogP contribution in [0.1, 0.15) is 10.5 Å². The minimum atomic E-state index is -0.640. The highest BCUT2D eigenvalue weighted by molar-refractivity contribution is 9.11. The number of nitrogens with one attached hydrogen (secondary N) is 4. The highest BCUT2D eigenvalue weighted by Crippen LogP contribution is 2.30. The summed E-state index contributed by atoms with van der Waals surface area (Å²) in [5, 5.41) is 7.63. The standard InChI is InChI=1S/C16H14BrN5O3S/c17-13-6-10-12(26-13)5-11(22-10)15(24)20-8-2-1-3-9(4-8)21-16(25)19-7-14(18)23/h1-6,22H,7H2,(H2,18,23)(H,20,24)(H2,19,21,25). The summed E-state index contributed by atoms with van der Waals surface area (Å²) in [5.74, 6) is -0.932. The second-order valence-electron chi connectivity index (χ2n) is 5.32. The Morgan fingerprint density at radius 2 is 1.85 bits per heavy atom. The zero-order valence-corrected chi connectivity index (χ0v) is 15.7. The lowest BCUT2D eigenvalue weighted by molar-refractivity contribution is -0.117. The third-order valence-corrected chi connectivity index (χ3v) is 4.91. The molecule has 0 fully saturated rings. The van der Waals surface area contributed by atoms with Gasteiger partial charge in [-0.1, -0.05) is 6.07 Å². The summed E-state index contributed by atoms with van der Waals surface area (Å²) in [6.07, 6.45) is 0. The van der Waals surface area contributed by atoms with E-state index in [1.807, 2.05) is 6.07 Å². The molecule has 0 unspecified atom stereocenters. The maximum absolute atomic E-state index is 12.4. The summed E-state index contributed by atoms with van der Waals surface area (Å²) in [7, 11) is 0. The molecule has 4 amide bonds. The summed E-state index contributed by atoms with van der Waals surface area (Å²) in [6, 6.07) is 9.76. The Labute approximate surface area is 160 Å². The summed E-state index contributed by atoms with van der Waals surface area (Å²) >= 11 is 4.93. The molecule has 0 bridgehead atoms. The number of benzene rings is 1. The molecule has 2 aromatic heterocycles. The fourth-order valence-corrected chi connectivity index (χ4v) is 3.77. The lowest BCUT2D eigenvalue weighted by Gasteiger charge is -2.09. The molecular formula is C16H14BrN5O3S. The van der Waals surface area contributed by atoms with E-state index < -0.39 is 11.9 Å². The number of aromatic amines is 1. The summed E-state index contributed by atoms with van der Waals surface area (Å²) < 4.78 is 1.96. The van der Waals surface area contributed by atoms with Crippen molar-refractivity contribution in [3.63, 3.8) is 0 Å². The van der Waals surface area contributed by atoms with E-state index in [0.29, 0.717) is 17.1 Å². The van der Waals surface area contributed by atoms with Gasteiger partial charge in [-0.15, -0.1) is 11.3 Å². The monoisotopic (exact) mass is 435 g/mol. The predicted molar refractivity (Wildman–Crippen MR) is 104 cm³/mol. The van der Waals surface area contributed by atoms with Gasteiger partial charge >= 0.3 is 6.03 Å². The number of carbonyl (C=O) groups excluding carboxylic acids is 3. The average molecular weight is 436 g/mol. The molecule has 0 aliphatic rings. The molecule has 1 aromatic carbocycles. The van der Waals surface area contributed by atoms with Crippen LogP contribution in [0.4, 0.5) is 16.2 Å².